The predicted molar refractivity (Wildman–Crippen MR) is 98.4 cm³/mol. The molecule has 1 fully saturated rings. The van der Waals surface area contributed by atoms with Crippen molar-refractivity contribution in [2.75, 3.05) is 26.2 Å². The molecule has 126 valence electrons. The maximum atomic E-state index is 9.34. The van der Waals surface area contributed by atoms with Gasteiger partial charge in [-0.1, -0.05) is 53.6 Å². The number of hydrogen-bond donors (Lipinski definition) is 1. The lowest BCUT2D eigenvalue weighted by molar-refractivity contribution is 0.215. The van der Waals surface area contributed by atoms with Gasteiger partial charge in [-0.3, -0.25) is 0 Å². The molecular weight excluding hydrogens is 294 g/mol. The SMILES string of the molecule is Cc1ccc(C2c3cc(C)ccc3CC3CN(CCO)CC32)cc1. The van der Waals surface area contributed by atoms with Crippen LogP contribution in [-0.2, 0) is 6.42 Å². The number of hydrogen-bond acceptors (Lipinski definition) is 2. The van der Waals surface area contributed by atoms with Crippen LogP contribution in [0.1, 0.15) is 33.7 Å². The lowest BCUT2D eigenvalue weighted by Gasteiger charge is -2.36. The van der Waals surface area contributed by atoms with Gasteiger partial charge < -0.3 is 10.0 Å². The fourth-order valence-corrected chi connectivity index (χ4v) is 4.81. The Hall–Kier alpha value is -1.64. The third-order valence-electron chi connectivity index (χ3n) is 5.97. The zero-order valence-corrected chi connectivity index (χ0v) is 14.7. The highest BCUT2D eigenvalue weighted by molar-refractivity contribution is 5.44. The van der Waals surface area contributed by atoms with Gasteiger partial charge in [-0.25, -0.2) is 0 Å². The van der Waals surface area contributed by atoms with Crippen LogP contribution in [0.4, 0.5) is 0 Å². The molecule has 0 saturated carbocycles. The Bertz CT molecular complexity index is 721. The average Bonchev–Trinajstić information content (AvgIpc) is 2.96. The summed E-state index contributed by atoms with van der Waals surface area (Å²) in [4.78, 5) is 2.45. The molecule has 0 radical (unpaired) electrons. The number of nitrogens with zero attached hydrogens (tertiary/aromatic N) is 1. The molecule has 24 heavy (non-hydrogen) atoms. The molecule has 3 unspecified atom stereocenters. The standard InChI is InChI=1S/C22H27NO/c1-15-3-6-17(7-4-15)22-20-11-16(2)5-8-18(20)12-19-13-23(9-10-24)14-21(19)22/h3-8,11,19,21-22,24H,9-10,12-14H2,1-2H3. The first kappa shape index (κ1) is 15.9. The number of β-amino-alcohol motifs (C(OH)–C–C–N with tert-alkyl or cyclic N) is 1. The van der Waals surface area contributed by atoms with Crippen molar-refractivity contribution in [3.05, 3.63) is 70.3 Å². The van der Waals surface area contributed by atoms with Gasteiger partial charge in [-0.15, -0.1) is 0 Å². The van der Waals surface area contributed by atoms with Gasteiger partial charge in [0.2, 0.25) is 0 Å². The topological polar surface area (TPSA) is 23.5 Å². The lowest BCUT2D eigenvalue weighted by atomic mass is 9.67. The van der Waals surface area contributed by atoms with E-state index in [1.165, 1.54) is 34.2 Å². The zero-order chi connectivity index (χ0) is 16.7. The molecular formula is C22H27NO. The number of fused-ring (bicyclic) bond motifs is 2. The highest BCUT2D eigenvalue weighted by Crippen LogP contribution is 2.47. The van der Waals surface area contributed by atoms with Crippen molar-refractivity contribution < 1.29 is 5.11 Å². The molecule has 1 saturated heterocycles. The summed E-state index contributed by atoms with van der Waals surface area (Å²) >= 11 is 0. The van der Waals surface area contributed by atoms with E-state index in [1.54, 1.807) is 0 Å². The van der Waals surface area contributed by atoms with E-state index >= 15 is 0 Å². The van der Waals surface area contributed by atoms with Crippen molar-refractivity contribution >= 4 is 0 Å². The molecule has 2 nitrogen and oxygen atoms in total. The Balaban J connectivity index is 1.77. The second kappa shape index (κ2) is 6.34. The lowest BCUT2D eigenvalue weighted by Crippen LogP contribution is -2.29. The molecule has 0 amide bonds. The molecule has 0 bridgehead atoms. The molecule has 3 atom stereocenters. The summed E-state index contributed by atoms with van der Waals surface area (Å²) in [7, 11) is 0. The second-order valence-electron chi connectivity index (χ2n) is 7.70. The predicted octanol–water partition coefficient (Wildman–Crippen LogP) is 3.53. The maximum absolute atomic E-state index is 9.34. The summed E-state index contributed by atoms with van der Waals surface area (Å²) < 4.78 is 0. The third-order valence-corrected chi connectivity index (χ3v) is 5.97. The van der Waals surface area contributed by atoms with E-state index in [1.807, 2.05) is 0 Å². The highest BCUT2D eigenvalue weighted by atomic mass is 16.3. The Kier molecular flexibility index (Phi) is 4.19. The summed E-state index contributed by atoms with van der Waals surface area (Å²) in [5.41, 5.74) is 7.19. The minimum absolute atomic E-state index is 0.265. The molecule has 2 aromatic carbocycles. The van der Waals surface area contributed by atoms with Gasteiger partial charge in [0.1, 0.15) is 0 Å². The summed E-state index contributed by atoms with van der Waals surface area (Å²) in [5, 5.41) is 9.34. The van der Waals surface area contributed by atoms with Gasteiger partial charge >= 0.3 is 0 Å². The van der Waals surface area contributed by atoms with Crippen LogP contribution in [-0.4, -0.2) is 36.2 Å². The van der Waals surface area contributed by atoms with E-state index in [0.717, 1.165) is 19.6 Å². The van der Waals surface area contributed by atoms with Crippen molar-refractivity contribution in [1.82, 2.24) is 4.90 Å². The van der Waals surface area contributed by atoms with Crippen molar-refractivity contribution in [3.63, 3.8) is 0 Å². The Labute approximate surface area is 145 Å². The molecule has 2 heteroatoms. The number of aliphatic hydroxyl groups is 1. The van der Waals surface area contributed by atoms with Gasteiger partial charge in [0.25, 0.3) is 0 Å². The monoisotopic (exact) mass is 321 g/mol. The minimum atomic E-state index is 0.265. The molecule has 4 rings (SSSR count). The largest absolute Gasteiger partial charge is 0.395 e. The first-order valence-electron chi connectivity index (χ1n) is 9.15. The summed E-state index contributed by atoms with van der Waals surface area (Å²) in [6.45, 7) is 7.66. The molecule has 1 aliphatic heterocycles. The summed E-state index contributed by atoms with van der Waals surface area (Å²) in [5.74, 6) is 1.86. The quantitative estimate of drug-likeness (QED) is 0.935. The van der Waals surface area contributed by atoms with E-state index in [-0.39, 0.29) is 6.61 Å². The van der Waals surface area contributed by atoms with Crippen LogP contribution < -0.4 is 0 Å². The van der Waals surface area contributed by atoms with Crippen molar-refractivity contribution in [3.8, 4) is 0 Å². The summed E-state index contributed by atoms with van der Waals surface area (Å²) in [6.07, 6.45) is 1.19. The Morgan fingerprint density at radius 1 is 1.00 bits per heavy atom. The van der Waals surface area contributed by atoms with Crippen molar-refractivity contribution in [2.24, 2.45) is 11.8 Å². The van der Waals surface area contributed by atoms with E-state index < -0.39 is 0 Å². The fraction of sp³-hybridized carbons (Fsp3) is 0.455. The van der Waals surface area contributed by atoms with Gasteiger partial charge in [-0.05, 0) is 48.8 Å². The van der Waals surface area contributed by atoms with Crippen LogP contribution in [0.25, 0.3) is 0 Å². The van der Waals surface area contributed by atoms with E-state index in [2.05, 4.69) is 61.2 Å². The number of likely N-dealkylation sites (tertiary alicyclic amines) is 1. The summed E-state index contributed by atoms with van der Waals surface area (Å²) in [6, 6.07) is 16.1. The number of benzene rings is 2. The van der Waals surface area contributed by atoms with Crippen LogP contribution >= 0.6 is 0 Å². The maximum Gasteiger partial charge on any atom is 0.0558 e. The Morgan fingerprint density at radius 2 is 1.75 bits per heavy atom. The average molecular weight is 321 g/mol. The van der Waals surface area contributed by atoms with Gasteiger partial charge in [0, 0.05) is 25.6 Å². The molecule has 1 heterocycles. The van der Waals surface area contributed by atoms with Gasteiger partial charge in [0.05, 0.1) is 6.61 Å². The van der Waals surface area contributed by atoms with Crippen LogP contribution in [0, 0.1) is 25.7 Å². The highest BCUT2D eigenvalue weighted by Gasteiger charge is 2.42. The van der Waals surface area contributed by atoms with Gasteiger partial charge in [-0.2, -0.15) is 0 Å². The molecule has 2 aromatic rings. The first-order chi connectivity index (χ1) is 11.7. The number of aliphatic hydroxyl groups excluding tert-OH is 1. The number of aryl methyl sites for hydroxylation is 2. The van der Waals surface area contributed by atoms with Crippen molar-refractivity contribution in [2.45, 2.75) is 26.2 Å². The van der Waals surface area contributed by atoms with Crippen molar-refractivity contribution in [1.29, 1.82) is 0 Å². The van der Waals surface area contributed by atoms with Crippen LogP contribution in [0.5, 0.6) is 0 Å². The molecule has 1 aliphatic carbocycles. The number of rotatable bonds is 3. The third kappa shape index (κ3) is 2.78. The van der Waals surface area contributed by atoms with Crippen LogP contribution in [0.2, 0.25) is 0 Å². The molecule has 0 aromatic heterocycles. The minimum Gasteiger partial charge on any atom is -0.395 e. The molecule has 0 spiro atoms. The molecule has 2 aliphatic rings. The first-order valence-corrected chi connectivity index (χ1v) is 9.15. The second-order valence-corrected chi connectivity index (χ2v) is 7.70. The van der Waals surface area contributed by atoms with E-state index in [0.29, 0.717) is 17.8 Å². The normalized spacial score (nSPS) is 26.2. The molecule has 1 N–H and O–H groups in total. The van der Waals surface area contributed by atoms with E-state index in [9.17, 15) is 5.11 Å². The van der Waals surface area contributed by atoms with Crippen LogP contribution in [0.3, 0.4) is 0 Å². The van der Waals surface area contributed by atoms with Crippen LogP contribution in [0.15, 0.2) is 42.5 Å². The Morgan fingerprint density at radius 3 is 2.50 bits per heavy atom. The zero-order valence-electron chi connectivity index (χ0n) is 14.7. The fourth-order valence-electron chi connectivity index (χ4n) is 4.81. The van der Waals surface area contributed by atoms with E-state index in [4.69, 9.17) is 0 Å². The van der Waals surface area contributed by atoms with Gasteiger partial charge in [0.15, 0.2) is 0 Å². The smallest absolute Gasteiger partial charge is 0.0558 e.